The van der Waals surface area contributed by atoms with Gasteiger partial charge in [0.25, 0.3) is 0 Å². The van der Waals surface area contributed by atoms with E-state index in [-0.39, 0.29) is 0 Å². The molecule has 3 aromatic carbocycles. The van der Waals surface area contributed by atoms with Crippen molar-refractivity contribution in [1.29, 1.82) is 0 Å². The van der Waals surface area contributed by atoms with Gasteiger partial charge in [0.05, 0.1) is 0 Å². The predicted octanol–water partition coefficient (Wildman–Crippen LogP) is 7.06. The summed E-state index contributed by atoms with van der Waals surface area (Å²) in [6.07, 6.45) is 0. The molecule has 0 heterocycles. The van der Waals surface area contributed by atoms with E-state index in [0.29, 0.717) is 0 Å². The van der Waals surface area contributed by atoms with Crippen molar-refractivity contribution in [3.8, 4) is 0 Å². The van der Waals surface area contributed by atoms with Gasteiger partial charge in [0.15, 0.2) is 0 Å². The zero-order valence-corrected chi connectivity index (χ0v) is 15.9. The molecule has 0 aliphatic rings. The zero-order valence-electron chi connectivity index (χ0n) is 13.4. The summed E-state index contributed by atoms with van der Waals surface area (Å²) in [5.41, 5.74) is 4.21. The zero-order chi connectivity index (χ0) is 16.5. The SMILES string of the molecule is c1ccc(CSCc2ccccc2SSCc2ccccc2)cc1. The van der Waals surface area contributed by atoms with E-state index >= 15 is 0 Å². The Bertz CT molecular complexity index is 662. The van der Waals surface area contributed by atoms with Crippen molar-refractivity contribution in [3.63, 3.8) is 0 Å². The fraction of sp³-hybridized carbons (Fsp3) is 0.143. The van der Waals surface area contributed by atoms with Crippen molar-refractivity contribution in [2.75, 3.05) is 0 Å². The second kappa shape index (κ2) is 9.87. The molecule has 0 aliphatic heterocycles. The fourth-order valence-corrected chi connectivity index (χ4v) is 5.74. The summed E-state index contributed by atoms with van der Waals surface area (Å²) < 4.78 is 0. The van der Waals surface area contributed by atoms with E-state index < -0.39 is 0 Å². The lowest BCUT2D eigenvalue weighted by atomic mass is 10.2. The molecule has 24 heavy (non-hydrogen) atoms. The van der Waals surface area contributed by atoms with Crippen molar-refractivity contribution >= 4 is 33.3 Å². The molecule has 3 heteroatoms. The van der Waals surface area contributed by atoms with E-state index in [4.69, 9.17) is 0 Å². The largest absolute Gasteiger partial charge is 0.152 e. The first-order chi connectivity index (χ1) is 11.9. The van der Waals surface area contributed by atoms with Gasteiger partial charge < -0.3 is 0 Å². The van der Waals surface area contributed by atoms with Crippen molar-refractivity contribution in [1.82, 2.24) is 0 Å². The highest BCUT2D eigenvalue weighted by Gasteiger charge is 2.04. The van der Waals surface area contributed by atoms with Gasteiger partial charge in [0, 0.05) is 22.2 Å². The number of rotatable bonds is 8. The van der Waals surface area contributed by atoms with Crippen LogP contribution in [0.25, 0.3) is 0 Å². The molecule has 0 amide bonds. The van der Waals surface area contributed by atoms with Gasteiger partial charge in [0.1, 0.15) is 0 Å². The van der Waals surface area contributed by atoms with Crippen molar-refractivity contribution in [2.24, 2.45) is 0 Å². The third kappa shape index (κ3) is 5.66. The first kappa shape index (κ1) is 17.5. The molecule has 0 unspecified atom stereocenters. The van der Waals surface area contributed by atoms with Gasteiger partial charge >= 0.3 is 0 Å². The van der Waals surface area contributed by atoms with Gasteiger partial charge in [0.2, 0.25) is 0 Å². The Balaban J connectivity index is 1.51. The van der Waals surface area contributed by atoms with Gasteiger partial charge in [-0.3, -0.25) is 0 Å². The lowest BCUT2D eigenvalue weighted by molar-refractivity contribution is 1.27. The molecule has 0 aromatic heterocycles. The van der Waals surface area contributed by atoms with E-state index in [9.17, 15) is 0 Å². The smallest absolute Gasteiger partial charge is 0.0292 e. The first-order valence-electron chi connectivity index (χ1n) is 7.95. The Morgan fingerprint density at radius 1 is 0.542 bits per heavy atom. The van der Waals surface area contributed by atoms with E-state index in [2.05, 4.69) is 84.9 Å². The Labute approximate surface area is 156 Å². The van der Waals surface area contributed by atoms with Crippen LogP contribution in [-0.4, -0.2) is 0 Å². The molecule has 0 spiro atoms. The second-order valence-corrected chi connectivity index (χ2v) is 8.74. The van der Waals surface area contributed by atoms with Crippen LogP contribution < -0.4 is 0 Å². The van der Waals surface area contributed by atoms with Crippen LogP contribution in [0.3, 0.4) is 0 Å². The highest BCUT2D eigenvalue weighted by molar-refractivity contribution is 8.76. The molecular weight excluding hydrogens is 348 g/mol. The van der Waals surface area contributed by atoms with Crippen LogP contribution in [0.4, 0.5) is 0 Å². The third-order valence-electron chi connectivity index (χ3n) is 3.56. The molecule has 122 valence electrons. The van der Waals surface area contributed by atoms with E-state index in [1.165, 1.54) is 21.6 Å². The van der Waals surface area contributed by atoms with Crippen LogP contribution in [0.1, 0.15) is 16.7 Å². The van der Waals surface area contributed by atoms with Gasteiger partial charge in [-0.1, -0.05) is 100 Å². The molecular formula is C21H20S3. The van der Waals surface area contributed by atoms with Gasteiger partial charge in [-0.25, -0.2) is 0 Å². The standard InChI is InChI=1S/C21H20S3/c1-3-9-18(10-4-1)15-22-17-20-13-7-8-14-21(20)24-23-16-19-11-5-2-6-12-19/h1-14H,15-17H2. The summed E-state index contributed by atoms with van der Waals surface area (Å²) in [4.78, 5) is 1.39. The van der Waals surface area contributed by atoms with Crippen LogP contribution in [0.15, 0.2) is 89.8 Å². The van der Waals surface area contributed by atoms with Gasteiger partial charge in [-0.15, -0.1) is 0 Å². The summed E-state index contributed by atoms with van der Waals surface area (Å²) in [5.74, 6) is 3.16. The van der Waals surface area contributed by atoms with Crippen LogP contribution in [-0.2, 0) is 17.3 Å². The topological polar surface area (TPSA) is 0 Å². The van der Waals surface area contributed by atoms with Crippen LogP contribution in [0.5, 0.6) is 0 Å². The highest BCUT2D eigenvalue weighted by Crippen LogP contribution is 2.37. The summed E-state index contributed by atoms with van der Waals surface area (Å²) in [6.45, 7) is 0. The minimum Gasteiger partial charge on any atom is -0.152 e. The number of benzene rings is 3. The quantitative estimate of drug-likeness (QED) is 0.391. The molecule has 0 N–H and O–H groups in total. The summed E-state index contributed by atoms with van der Waals surface area (Å²) in [6, 6.07) is 30.1. The fourth-order valence-electron chi connectivity index (χ4n) is 2.29. The molecule has 3 rings (SSSR count). The number of hydrogen-bond donors (Lipinski definition) is 0. The van der Waals surface area contributed by atoms with Crippen LogP contribution in [0.2, 0.25) is 0 Å². The van der Waals surface area contributed by atoms with Crippen molar-refractivity contribution in [2.45, 2.75) is 22.2 Å². The molecule has 0 atom stereocenters. The lowest BCUT2D eigenvalue weighted by Crippen LogP contribution is -1.86. The molecule has 0 nitrogen and oxygen atoms in total. The van der Waals surface area contributed by atoms with Gasteiger partial charge in [-0.05, 0) is 22.8 Å². The number of hydrogen-bond acceptors (Lipinski definition) is 3. The summed E-state index contributed by atoms with van der Waals surface area (Å²) in [7, 11) is 3.80. The van der Waals surface area contributed by atoms with Crippen LogP contribution >= 0.6 is 33.3 Å². The average Bonchev–Trinajstić information content (AvgIpc) is 2.65. The Morgan fingerprint density at radius 3 is 1.83 bits per heavy atom. The monoisotopic (exact) mass is 368 g/mol. The van der Waals surface area contributed by atoms with E-state index in [1.807, 2.05) is 33.3 Å². The van der Waals surface area contributed by atoms with E-state index in [1.54, 1.807) is 0 Å². The molecule has 0 radical (unpaired) electrons. The van der Waals surface area contributed by atoms with Crippen LogP contribution in [0, 0.1) is 0 Å². The molecule has 3 aromatic rings. The Morgan fingerprint density at radius 2 is 1.12 bits per heavy atom. The molecule has 0 fully saturated rings. The molecule has 0 bridgehead atoms. The molecule has 0 saturated heterocycles. The minimum atomic E-state index is 1.04. The van der Waals surface area contributed by atoms with E-state index in [0.717, 1.165) is 17.3 Å². The minimum absolute atomic E-state index is 1.04. The predicted molar refractivity (Wildman–Crippen MR) is 111 cm³/mol. The van der Waals surface area contributed by atoms with Crippen molar-refractivity contribution < 1.29 is 0 Å². The maximum absolute atomic E-state index is 2.25. The lowest BCUT2D eigenvalue weighted by Gasteiger charge is -2.09. The number of thioether (sulfide) groups is 1. The van der Waals surface area contributed by atoms with Crippen molar-refractivity contribution in [3.05, 3.63) is 102 Å². The summed E-state index contributed by atoms with van der Waals surface area (Å²) >= 11 is 1.98. The normalized spacial score (nSPS) is 10.7. The highest BCUT2D eigenvalue weighted by atomic mass is 33.1. The first-order valence-corrected chi connectivity index (χ1v) is 11.4. The Kier molecular flexibility index (Phi) is 7.21. The average molecular weight is 369 g/mol. The maximum atomic E-state index is 2.25. The second-order valence-electron chi connectivity index (χ2n) is 5.42. The van der Waals surface area contributed by atoms with Gasteiger partial charge in [-0.2, -0.15) is 11.8 Å². The summed E-state index contributed by atoms with van der Waals surface area (Å²) in [5, 5.41) is 0. The Hall–Kier alpha value is -1.29. The molecule has 0 aliphatic carbocycles. The molecule has 0 saturated carbocycles. The maximum Gasteiger partial charge on any atom is 0.0292 e. The third-order valence-corrected chi connectivity index (χ3v) is 7.00.